The molecular weight excluding hydrogens is 518 g/mol. The normalized spacial score (nSPS) is 11.9. The third kappa shape index (κ3) is 5.42. The SMILES string of the molecule is COc1cnc2c(-c3nc4cc(F)c(O[C@@H](C)COC(=O)Nc5cncc(F)c5)nc4s3)cc(C)cc2n1. The number of amides is 1. The van der Waals surface area contributed by atoms with Gasteiger partial charge in [-0.2, -0.15) is 4.98 Å². The van der Waals surface area contributed by atoms with Crippen LogP contribution in [0.25, 0.3) is 32.0 Å². The summed E-state index contributed by atoms with van der Waals surface area (Å²) in [5.74, 6) is -1.18. The van der Waals surface area contributed by atoms with E-state index in [1.54, 1.807) is 6.92 Å². The van der Waals surface area contributed by atoms with Crippen LogP contribution in [-0.2, 0) is 4.74 Å². The van der Waals surface area contributed by atoms with Crippen molar-refractivity contribution >= 4 is 44.5 Å². The molecule has 4 aromatic heterocycles. The maximum absolute atomic E-state index is 14.8. The zero-order chi connectivity index (χ0) is 26.8. The molecule has 1 atom stereocenters. The molecule has 1 amide bonds. The zero-order valence-corrected chi connectivity index (χ0v) is 21.2. The van der Waals surface area contributed by atoms with Crippen molar-refractivity contribution in [3.63, 3.8) is 0 Å². The Morgan fingerprint density at radius 3 is 2.71 bits per heavy atom. The van der Waals surface area contributed by atoms with Crippen molar-refractivity contribution in [2.75, 3.05) is 19.0 Å². The van der Waals surface area contributed by atoms with Gasteiger partial charge in [-0.25, -0.2) is 28.5 Å². The second-order valence-electron chi connectivity index (χ2n) is 8.25. The van der Waals surface area contributed by atoms with Gasteiger partial charge in [-0.3, -0.25) is 10.3 Å². The van der Waals surface area contributed by atoms with Gasteiger partial charge in [0.15, 0.2) is 5.82 Å². The maximum Gasteiger partial charge on any atom is 0.411 e. The monoisotopic (exact) mass is 538 g/mol. The van der Waals surface area contributed by atoms with E-state index in [1.165, 1.54) is 36.9 Å². The number of hydrogen-bond donors (Lipinski definition) is 1. The summed E-state index contributed by atoms with van der Waals surface area (Å²) in [7, 11) is 1.52. The van der Waals surface area contributed by atoms with Crippen molar-refractivity contribution in [1.82, 2.24) is 24.9 Å². The molecular formula is C25H20F2N6O4S. The highest BCUT2D eigenvalue weighted by atomic mass is 32.1. The Balaban J connectivity index is 1.32. The Kier molecular flexibility index (Phi) is 6.92. The van der Waals surface area contributed by atoms with Crippen molar-refractivity contribution in [2.45, 2.75) is 20.0 Å². The fraction of sp³-hybridized carbons (Fsp3) is 0.200. The Labute approximate surface area is 218 Å². The van der Waals surface area contributed by atoms with Crippen molar-refractivity contribution < 1.29 is 27.8 Å². The molecule has 1 N–H and O–H groups in total. The van der Waals surface area contributed by atoms with E-state index < -0.39 is 23.8 Å². The molecule has 5 aromatic rings. The Hall–Kier alpha value is -4.52. The van der Waals surface area contributed by atoms with Crippen molar-refractivity contribution in [1.29, 1.82) is 0 Å². The van der Waals surface area contributed by atoms with Crippen LogP contribution in [0.5, 0.6) is 11.8 Å². The third-order valence-corrected chi connectivity index (χ3v) is 6.23. The van der Waals surface area contributed by atoms with Gasteiger partial charge in [-0.1, -0.05) is 11.3 Å². The number of thiazole rings is 1. The van der Waals surface area contributed by atoms with Crippen LogP contribution in [0.4, 0.5) is 19.3 Å². The molecule has 0 unspecified atom stereocenters. The van der Waals surface area contributed by atoms with Crippen LogP contribution in [0, 0.1) is 18.6 Å². The van der Waals surface area contributed by atoms with Crippen LogP contribution in [0.1, 0.15) is 12.5 Å². The van der Waals surface area contributed by atoms with Gasteiger partial charge in [-0.15, -0.1) is 0 Å². The number of carbonyl (C=O) groups excluding carboxylic acids is 1. The lowest BCUT2D eigenvalue weighted by molar-refractivity contribution is 0.0941. The summed E-state index contributed by atoms with van der Waals surface area (Å²) in [6.07, 6.45) is 2.23. The molecule has 0 saturated heterocycles. The van der Waals surface area contributed by atoms with E-state index in [1.807, 2.05) is 19.1 Å². The number of pyridine rings is 2. The van der Waals surface area contributed by atoms with E-state index in [4.69, 9.17) is 14.2 Å². The number of hydrogen-bond acceptors (Lipinski definition) is 10. The van der Waals surface area contributed by atoms with Gasteiger partial charge < -0.3 is 14.2 Å². The van der Waals surface area contributed by atoms with Crippen LogP contribution in [0.3, 0.4) is 0 Å². The molecule has 13 heteroatoms. The third-order valence-electron chi connectivity index (χ3n) is 5.23. The summed E-state index contributed by atoms with van der Waals surface area (Å²) < 4.78 is 43.8. The molecule has 0 aliphatic rings. The molecule has 1 aromatic carbocycles. The fourth-order valence-electron chi connectivity index (χ4n) is 3.58. The van der Waals surface area contributed by atoms with Gasteiger partial charge >= 0.3 is 6.09 Å². The first-order chi connectivity index (χ1) is 18.3. The summed E-state index contributed by atoms with van der Waals surface area (Å²) in [5, 5.41) is 2.94. The molecule has 0 aliphatic carbocycles. The first kappa shape index (κ1) is 25.1. The highest BCUT2D eigenvalue weighted by molar-refractivity contribution is 7.21. The number of halogens is 2. The van der Waals surface area contributed by atoms with Crippen LogP contribution < -0.4 is 14.8 Å². The molecule has 0 aliphatic heterocycles. The highest BCUT2D eigenvalue weighted by Gasteiger charge is 2.19. The number of nitrogens with one attached hydrogen (secondary N) is 1. The van der Waals surface area contributed by atoms with Crippen molar-refractivity contribution in [3.05, 3.63) is 60.1 Å². The maximum atomic E-state index is 14.8. The van der Waals surface area contributed by atoms with Crippen LogP contribution >= 0.6 is 11.3 Å². The lowest BCUT2D eigenvalue weighted by Crippen LogP contribution is -2.24. The zero-order valence-electron chi connectivity index (χ0n) is 20.4. The molecule has 10 nitrogen and oxygen atoms in total. The molecule has 0 bridgehead atoms. The van der Waals surface area contributed by atoms with Gasteiger partial charge in [0.05, 0.1) is 42.4 Å². The van der Waals surface area contributed by atoms with E-state index in [-0.39, 0.29) is 18.2 Å². The number of benzene rings is 1. The number of carbonyl (C=O) groups is 1. The van der Waals surface area contributed by atoms with E-state index in [0.717, 1.165) is 23.4 Å². The molecule has 4 heterocycles. The Bertz CT molecular complexity index is 1660. The lowest BCUT2D eigenvalue weighted by Gasteiger charge is -2.14. The second kappa shape index (κ2) is 10.5. The summed E-state index contributed by atoms with van der Waals surface area (Å²) in [6, 6.07) is 6.15. The lowest BCUT2D eigenvalue weighted by atomic mass is 10.1. The van der Waals surface area contributed by atoms with Crippen molar-refractivity contribution in [2.24, 2.45) is 0 Å². The largest absolute Gasteiger partial charge is 0.480 e. The number of anilines is 1. The predicted molar refractivity (Wildman–Crippen MR) is 136 cm³/mol. The van der Waals surface area contributed by atoms with Crippen LogP contribution in [0.15, 0.2) is 42.9 Å². The number of rotatable bonds is 7. The topological polar surface area (TPSA) is 121 Å². The molecule has 0 saturated carbocycles. The molecule has 194 valence electrons. The van der Waals surface area contributed by atoms with Gasteiger partial charge in [0.2, 0.25) is 5.88 Å². The average molecular weight is 539 g/mol. The smallest absolute Gasteiger partial charge is 0.411 e. The number of nitrogens with zero attached hydrogens (tertiary/aromatic N) is 5. The Morgan fingerprint density at radius 2 is 1.92 bits per heavy atom. The highest BCUT2D eigenvalue weighted by Crippen LogP contribution is 2.35. The van der Waals surface area contributed by atoms with E-state index in [0.29, 0.717) is 32.3 Å². The van der Waals surface area contributed by atoms with Gasteiger partial charge in [0.1, 0.15) is 33.9 Å². The summed E-state index contributed by atoms with van der Waals surface area (Å²) in [6.45, 7) is 3.31. The quantitative estimate of drug-likeness (QED) is 0.294. The van der Waals surface area contributed by atoms with E-state index in [2.05, 4.69) is 30.2 Å². The van der Waals surface area contributed by atoms with Gasteiger partial charge in [0, 0.05) is 17.7 Å². The number of fused-ring (bicyclic) bond motifs is 2. The minimum Gasteiger partial charge on any atom is -0.480 e. The molecule has 38 heavy (non-hydrogen) atoms. The number of aromatic nitrogens is 5. The molecule has 0 radical (unpaired) electrons. The summed E-state index contributed by atoms with van der Waals surface area (Å²) in [4.78, 5) is 33.8. The van der Waals surface area contributed by atoms with Crippen LogP contribution in [-0.4, -0.2) is 50.8 Å². The average Bonchev–Trinajstić information content (AvgIpc) is 3.29. The van der Waals surface area contributed by atoms with Crippen molar-refractivity contribution in [3.8, 4) is 22.3 Å². The summed E-state index contributed by atoms with van der Waals surface area (Å²) in [5.41, 5.74) is 3.46. The van der Waals surface area contributed by atoms with E-state index >= 15 is 0 Å². The van der Waals surface area contributed by atoms with Gasteiger partial charge in [-0.05, 0) is 31.5 Å². The Morgan fingerprint density at radius 1 is 1.08 bits per heavy atom. The number of methoxy groups -OCH3 is 1. The minimum absolute atomic E-state index is 0.134. The standard InChI is InChI=1S/C25H20F2N6O4S/c1-12-4-16(21-18(5-12)31-20(35-3)10-29-21)23-32-19-7-17(27)22(33-24(19)38-23)37-13(2)11-36-25(34)30-15-6-14(26)8-28-9-15/h4-10,13H,11H2,1-3H3,(H,30,34)/t13-/m0/s1. The number of aryl methyl sites for hydroxylation is 1. The minimum atomic E-state index is -0.838. The number of ether oxygens (including phenoxy) is 3. The first-order valence-electron chi connectivity index (χ1n) is 11.3. The van der Waals surface area contributed by atoms with E-state index in [9.17, 15) is 13.6 Å². The molecule has 0 spiro atoms. The first-order valence-corrected chi connectivity index (χ1v) is 12.1. The summed E-state index contributed by atoms with van der Waals surface area (Å²) >= 11 is 1.25. The van der Waals surface area contributed by atoms with Gasteiger partial charge in [0.25, 0.3) is 5.88 Å². The fourth-order valence-corrected chi connectivity index (χ4v) is 4.51. The molecule has 5 rings (SSSR count). The predicted octanol–water partition coefficient (Wildman–Crippen LogP) is 5.31. The van der Waals surface area contributed by atoms with Crippen LogP contribution in [0.2, 0.25) is 0 Å². The second-order valence-corrected chi connectivity index (χ2v) is 9.23. The molecule has 0 fully saturated rings.